The fourth-order valence-electron chi connectivity index (χ4n) is 3.11. The van der Waals surface area contributed by atoms with Gasteiger partial charge in [-0.3, -0.25) is 14.9 Å². The molecular weight excluding hydrogens is 360 g/mol. The molecule has 5 atom stereocenters. The number of nitrogens with zero attached hydrogens (tertiary/aromatic N) is 1. The third kappa shape index (κ3) is 4.35. The van der Waals surface area contributed by atoms with E-state index in [9.17, 15) is 20.0 Å². The fourth-order valence-corrected chi connectivity index (χ4v) is 3.11. The zero-order chi connectivity index (χ0) is 19.8. The minimum absolute atomic E-state index is 0.0817. The highest BCUT2D eigenvalue weighted by molar-refractivity contribution is 5.73. The van der Waals surface area contributed by atoms with Crippen LogP contribution in [0.5, 0.6) is 5.75 Å². The van der Waals surface area contributed by atoms with E-state index in [0.717, 1.165) is 0 Å². The molecule has 0 saturated carbocycles. The number of ether oxygens (including phenoxy) is 4. The van der Waals surface area contributed by atoms with Crippen molar-refractivity contribution in [1.29, 1.82) is 0 Å². The van der Waals surface area contributed by atoms with E-state index in [2.05, 4.69) is 5.32 Å². The maximum atomic E-state index is 11.6. The zero-order valence-electron chi connectivity index (χ0n) is 15.2. The number of hydrogen-bond donors (Lipinski definition) is 2. The van der Waals surface area contributed by atoms with Crippen LogP contribution in [0, 0.1) is 10.1 Å². The number of carbonyl (C=O) groups is 1. The van der Waals surface area contributed by atoms with Gasteiger partial charge in [-0.2, -0.15) is 0 Å². The number of amides is 1. The Bertz CT molecular complexity index is 707. The Balaban J connectivity index is 1.79. The fraction of sp³-hybridized carbons (Fsp3) is 0.588. The Morgan fingerprint density at radius 3 is 2.63 bits per heavy atom. The van der Waals surface area contributed by atoms with Crippen molar-refractivity contribution >= 4 is 11.6 Å². The summed E-state index contributed by atoms with van der Waals surface area (Å²) in [4.78, 5) is 21.8. The lowest BCUT2D eigenvalue weighted by molar-refractivity contribution is -0.384. The van der Waals surface area contributed by atoms with Crippen molar-refractivity contribution in [3.63, 3.8) is 0 Å². The summed E-state index contributed by atoms with van der Waals surface area (Å²) < 4.78 is 22.9. The molecule has 10 heteroatoms. The Kier molecular flexibility index (Phi) is 5.33. The van der Waals surface area contributed by atoms with Crippen molar-refractivity contribution < 1.29 is 33.8 Å². The predicted octanol–water partition coefficient (Wildman–Crippen LogP) is 0.716. The molecule has 10 nitrogen and oxygen atoms in total. The van der Waals surface area contributed by atoms with Crippen molar-refractivity contribution in [3.05, 3.63) is 34.4 Å². The third-order valence-corrected chi connectivity index (χ3v) is 4.36. The normalized spacial score (nSPS) is 32.2. The number of rotatable bonds is 4. The lowest BCUT2D eigenvalue weighted by atomic mass is 9.95. The van der Waals surface area contributed by atoms with Crippen LogP contribution in [0.3, 0.4) is 0 Å². The number of carbonyl (C=O) groups excluding carboxylic acids is 1. The Morgan fingerprint density at radius 2 is 2.04 bits per heavy atom. The van der Waals surface area contributed by atoms with Gasteiger partial charge in [0.25, 0.3) is 5.69 Å². The highest BCUT2D eigenvalue weighted by atomic mass is 16.8. The summed E-state index contributed by atoms with van der Waals surface area (Å²) in [6.45, 7) is 4.95. The van der Waals surface area contributed by atoms with Crippen LogP contribution in [0.25, 0.3) is 0 Å². The summed E-state index contributed by atoms with van der Waals surface area (Å²) in [5, 5.41) is 24.2. The number of fused-ring (bicyclic) bond motifs is 1. The summed E-state index contributed by atoms with van der Waals surface area (Å²) in [5.41, 5.74) is -0.0817. The molecule has 0 bridgehead atoms. The van der Waals surface area contributed by atoms with Crippen LogP contribution in [0.4, 0.5) is 5.69 Å². The maximum Gasteiger partial charge on any atom is 0.269 e. The number of nitro groups is 1. The highest BCUT2D eigenvalue weighted by Crippen LogP contribution is 2.33. The molecule has 2 N–H and O–H groups in total. The number of nitrogens with one attached hydrogen (secondary N) is 1. The minimum atomic E-state index is -1.10. The van der Waals surface area contributed by atoms with Gasteiger partial charge >= 0.3 is 0 Å². The number of non-ortho nitro benzene ring substituents is 1. The number of nitro benzene ring substituents is 1. The van der Waals surface area contributed by atoms with Gasteiger partial charge in [0.2, 0.25) is 12.2 Å². The lowest BCUT2D eigenvalue weighted by Crippen LogP contribution is -2.69. The molecule has 2 aliphatic rings. The minimum Gasteiger partial charge on any atom is -0.463 e. The number of aliphatic hydroxyl groups is 1. The van der Waals surface area contributed by atoms with E-state index in [-0.39, 0.29) is 18.2 Å². The molecular formula is C17H22N2O8. The quantitative estimate of drug-likeness (QED) is 0.575. The Hall–Kier alpha value is -2.27. The van der Waals surface area contributed by atoms with Crippen molar-refractivity contribution in [2.24, 2.45) is 0 Å². The zero-order valence-corrected chi connectivity index (χ0v) is 15.2. The molecule has 2 saturated heterocycles. The third-order valence-electron chi connectivity index (χ3n) is 4.36. The largest absolute Gasteiger partial charge is 0.463 e. The molecule has 1 amide bonds. The van der Waals surface area contributed by atoms with E-state index < -0.39 is 41.4 Å². The first-order valence-corrected chi connectivity index (χ1v) is 8.50. The SMILES string of the molecule is CC(=O)N[C@H]1[C@H](Oc2ccc([N+](=O)[O-])cc2)O[C@@H]2COC(C)(C)O[C@H]2[C@@H]1O. The van der Waals surface area contributed by atoms with Gasteiger partial charge in [0.15, 0.2) is 5.79 Å². The molecule has 1 aromatic rings. The molecule has 2 heterocycles. The summed E-state index contributed by atoms with van der Waals surface area (Å²) >= 11 is 0. The van der Waals surface area contributed by atoms with Gasteiger partial charge in [0.05, 0.1) is 11.5 Å². The number of hydrogen-bond acceptors (Lipinski definition) is 8. The van der Waals surface area contributed by atoms with Gasteiger partial charge in [-0.05, 0) is 26.0 Å². The molecule has 2 aliphatic heterocycles. The summed E-state index contributed by atoms with van der Waals surface area (Å²) in [6, 6.07) is 4.52. The number of aliphatic hydroxyl groups excluding tert-OH is 1. The van der Waals surface area contributed by atoms with Crippen LogP contribution in [0.15, 0.2) is 24.3 Å². The van der Waals surface area contributed by atoms with Crippen molar-refractivity contribution in [1.82, 2.24) is 5.32 Å². The van der Waals surface area contributed by atoms with E-state index in [1.54, 1.807) is 13.8 Å². The topological polar surface area (TPSA) is 129 Å². The van der Waals surface area contributed by atoms with Crippen molar-refractivity contribution in [2.75, 3.05) is 6.61 Å². The van der Waals surface area contributed by atoms with Gasteiger partial charge in [0.1, 0.15) is 30.1 Å². The molecule has 0 spiro atoms. The second-order valence-electron chi connectivity index (χ2n) is 6.92. The Morgan fingerprint density at radius 1 is 1.37 bits per heavy atom. The molecule has 3 rings (SSSR count). The van der Waals surface area contributed by atoms with Crippen molar-refractivity contribution in [2.45, 2.75) is 57.2 Å². The van der Waals surface area contributed by atoms with Crippen LogP contribution in [0.1, 0.15) is 20.8 Å². The van der Waals surface area contributed by atoms with Crippen LogP contribution in [0.2, 0.25) is 0 Å². The average Bonchev–Trinajstić information content (AvgIpc) is 2.59. The monoisotopic (exact) mass is 382 g/mol. The van der Waals surface area contributed by atoms with Gasteiger partial charge in [-0.1, -0.05) is 0 Å². The van der Waals surface area contributed by atoms with E-state index >= 15 is 0 Å². The van der Waals surface area contributed by atoms with E-state index in [1.807, 2.05) is 0 Å². The smallest absolute Gasteiger partial charge is 0.269 e. The Labute approximate surface area is 155 Å². The number of benzene rings is 1. The van der Waals surface area contributed by atoms with Crippen LogP contribution >= 0.6 is 0 Å². The molecule has 1 aromatic carbocycles. The van der Waals surface area contributed by atoms with Crippen molar-refractivity contribution in [3.8, 4) is 5.75 Å². The molecule has 0 aliphatic carbocycles. The van der Waals surface area contributed by atoms with Crippen LogP contribution in [-0.4, -0.2) is 59.0 Å². The van der Waals surface area contributed by atoms with Gasteiger partial charge in [-0.15, -0.1) is 0 Å². The van der Waals surface area contributed by atoms with Gasteiger partial charge < -0.3 is 29.4 Å². The second-order valence-corrected chi connectivity index (χ2v) is 6.92. The standard InChI is InChI=1S/C17H22N2O8/c1-9(20)18-13-14(21)15-12(8-24-17(2,3)27-15)26-16(13)25-11-6-4-10(5-7-11)19(22)23/h4-7,12-16,21H,8H2,1-3H3,(H,18,20)/t12-,13-,14-,15-,16-/m1/s1. The first-order chi connectivity index (χ1) is 12.7. The second kappa shape index (κ2) is 7.39. The first kappa shape index (κ1) is 19.5. The molecule has 0 aromatic heterocycles. The highest BCUT2D eigenvalue weighted by Gasteiger charge is 2.52. The summed E-state index contributed by atoms with van der Waals surface area (Å²) in [5.74, 6) is -0.965. The van der Waals surface area contributed by atoms with Gasteiger partial charge in [0, 0.05) is 19.1 Å². The molecule has 2 fully saturated rings. The van der Waals surface area contributed by atoms with E-state index in [1.165, 1.54) is 31.2 Å². The molecule has 0 radical (unpaired) electrons. The maximum absolute atomic E-state index is 11.6. The predicted molar refractivity (Wildman–Crippen MR) is 90.9 cm³/mol. The van der Waals surface area contributed by atoms with E-state index in [0.29, 0.717) is 5.75 Å². The molecule has 27 heavy (non-hydrogen) atoms. The molecule has 148 valence electrons. The van der Waals surface area contributed by atoms with Gasteiger partial charge in [-0.25, -0.2) is 0 Å². The molecule has 0 unspecified atom stereocenters. The van der Waals surface area contributed by atoms with E-state index in [4.69, 9.17) is 18.9 Å². The average molecular weight is 382 g/mol. The van der Waals surface area contributed by atoms with Crippen LogP contribution in [-0.2, 0) is 19.0 Å². The van der Waals surface area contributed by atoms with Crippen LogP contribution < -0.4 is 10.1 Å². The summed E-state index contributed by atoms with van der Waals surface area (Å²) in [6.07, 6.45) is -3.43. The lowest BCUT2D eigenvalue weighted by Gasteiger charge is -2.49. The first-order valence-electron chi connectivity index (χ1n) is 8.50. The summed E-state index contributed by atoms with van der Waals surface area (Å²) in [7, 11) is 0.